The Bertz CT molecular complexity index is 1150. The van der Waals surface area contributed by atoms with E-state index in [1.54, 1.807) is 53.5 Å². The Morgan fingerprint density at radius 3 is 2.05 bits per heavy atom. The van der Waals surface area contributed by atoms with Crippen LogP contribution in [0.4, 0.5) is 0 Å². The van der Waals surface area contributed by atoms with E-state index in [1.165, 1.54) is 0 Å². The summed E-state index contributed by atoms with van der Waals surface area (Å²) in [4.78, 5) is 30.2. The lowest BCUT2D eigenvalue weighted by Gasteiger charge is -2.31. The molecule has 0 spiro atoms. The smallest absolute Gasteiger partial charge is 0.295 e. The predicted molar refractivity (Wildman–Crippen MR) is 141 cm³/mol. The Labute approximate surface area is 217 Å². The number of ether oxygens (including phenoxy) is 3. The number of hydrogen-bond acceptors (Lipinski definition) is 7. The SMILES string of the molecule is C=CCOc1ccc(C(O)=C2C(=O)C(=O)N(CCN3CCOCC3)C2c2ccc(OCC=C)cc2)cc1. The van der Waals surface area contributed by atoms with Crippen LogP contribution in [0.3, 0.4) is 0 Å². The van der Waals surface area contributed by atoms with Crippen LogP contribution in [-0.2, 0) is 14.3 Å². The van der Waals surface area contributed by atoms with Gasteiger partial charge in [0.15, 0.2) is 0 Å². The fourth-order valence-corrected chi connectivity index (χ4v) is 4.45. The molecule has 0 bridgehead atoms. The van der Waals surface area contributed by atoms with Gasteiger partial charge in [-0.2, -0.15) is 0 Å². The van der Waals surface area contributed by atoms with Gasteiger partial charge in [0.2, 0.25) is 0 Å². The number of rotatable bonds is 11. The van der Waals surface area contributed by atoms with Gasteiger partial charge in [0.05, 0.1) is 24.8 Å². The monoisotopic (exact) mass is 504 g/mol. The van der Waals surface area contributed by atoms with Crippen molar-refractivity contribution in [3.8, 4) is 11.5 Å². The maximum atomic E-state index is 13.3. The summed E-state index contributed by atoms with van der Waals surface area (Å²) in [6, 6.07) is 13.2. The van der Waals surface area contributed by atoms with Crippen molar-refractivity contribution in [2.24, 2.45) is 0 Å². The lowest BCUT2D eigenvalue weighted by molar-refractivity contribution is -0.140. The molecule has 8 heteroatoms. The van der Waals surface area contributed by atoms with Crippen LogP contribution >= 0.6 is 0 Å². The summed E-state index contributed by atoms with van der Waals surface area (Å²) in [6.07, 6.45) is 3.29. The molecular weight excluding hydrogens is 472 g/mol. The number of aliphatic hydroxyl groups excluding tert-OH is 1. The van der Waals surface area contributed by atoms with Gasteiger partial charge >= 0.3 is 0 Å². The second kappa shape index (κ2) is 12.4. The second-order valence-corrected chi connectivity index (χ2v) is 8.74. The Morgan fingerprint density at radius 1 is 0.919 bits per heavy atom. The van der Waals surface area contributed by atoms with Crippen LogP contribution in [-0.4, -0.2) is 79.2 Å². The lowest BCUT2D eigenvalue weighted by atomic mass is 9.95. The number of amides is 1. The number of carbonyl (C=O) groups is 2. The minimum absolute atomic E-state index is 0.0616. The van der Waals surface area contributed by atoms with Gasteiger partial charge in [-0.3, -0.25) is 14.5 Å². The number of benzene rings is 2. The van der Waals surface area contributed by atoms with Gasteiger partial charge in [0, 0.05) is 31.7 Å². The third-order valence-corrected chi connectivity index (χ3v) is 6.36. The minimum atomic E-state index is -0.730. The van der Waals surface area contributed by atoms with Gasteiger partial charge in [-0.1, -0.05) is 37.4 Å². The molecule has 2 fully saturated rings. The third kappa shape index (κ3) is 6.10. The molecule has 1 unspecified atom stereocenters. The molecule has 0 saturated carbocycles. The van der Waals surface area contributed by atoms with E-state index in [2.05, 4.69) is 18.1 Å². The average molecular weight is 505 g/mol. The number of likely N-dealkylation sites (tertiary alicyclic amines) is 1. The van der Waals surface area contributed by atoms with E-state index in [9.17, 15) is 14.7 Å². The number of Topliss-reactive ketones (excluding diaryl/α,β-unsaturated/α-hetero) is 1. The van der Waals surface area contributed by atoms with Crippen LogP contribution in [0.2, 0.25) is 0 Å². The fourth-order valence-electron chi connectivity index (χ4n) is 4.45. The van der Waals surface area contributed by atoms with Gasteiger partial charge in [-0.15, -0.1) is 0 Å². The van der Waals surface area contributed by atoms with Crippen molar-refractivity contribution in [1.82, 2.24) is 9.80 Å². The molecular formula is C29H32N2O6. The largest absolute Gasteiger partial charge is 0.507 e. The molecule has 0 aliphatic carbocycles. The molecule has 194 valence electrons. The van der Waals surface area contributed by atoms with E-state index in [0.29, 0.717) is 62.1 Å². The Hall–Kier alpha value is -3.88. The van der Waals surface area contributed by atoms with E-state index in [1.807, 2.05) is 12.1 Å². The maximum absolute atomic E-state index is 13.3. The van der Waals surface area contributed by atoms with Crippen LogP contribution in [0.1, 0.15) is 17.2 Å². The first-order valence-corrected chi connectivity index (χ1v) is 12.3. The van der Waals surface area contributed by atoms with Crippen molar-refractivity contribution in [3.05, 3.63) is 90.5 Å². The van der Waals surface area contributed by atoms with Crippen molar-refractivity contribution in [2.75, 3.05) is 52.6 Å². The van der Waals surface area contributed by atoms with Gasteiger partial charge in [0.25, 0.3) is 11.7 Å². The van der Waals surface area contributed by atoms with Gasteiger partial charge in [-0.25, -0.2) is 0 Å². The van der Waals surface area contributed by atoms with E-state index in [4.69, 9.17) is 14.2 Å². The molecule has 2 aliphatic rings. The molecule has 1 amide bonds. The predicted octanol–water partition coefficient (Wildman–Crippen LogP) is 3.57. The maximum Gasteiger partial charge on any atom is 0.295 e. The van der Waals surface area contributed by atoms with E-state index in [0.717, 1.165) is 13.1 Å². The molecule has 8 nitrogen and oxygen atoms in total. The first-order valence-electron chi connectivity index (χ1n) is 12.3. The highest BCUT2D eigenvalue weighted by Gasteiger charge is 2.46. The van der Waals surface area contributed by atoms with Crippen LogP contribution in [0.25, 0.3) is 5.76 Å². The van der Waals surface area contributed by atoms with E-state index >= 15 is 0 Å². The molecule has 2 aromatic carbocycles. The average Bonchev–Trinajstić information content (AvgIpc) is 3.19. The zero-order valence-electron chi connectivity index (χ0n) is 20.8. The zero-order chi connectivity index (χ0) is 26.2. The van der Waals surface area contributed by atoms with Crippen LogP contribution in [0.5, 0.6) is 11.5 Å². The molecule has 1 atom stereocenters. The van der Waals surface area contributed by atoms with E-state index in [-0.39, 0.29) is 11.3 Å². The Balaban J connectivity index is 1.68. The zero-order valence-corrected chi connectivity index (χ0v) is 20.8. The quantitative estimate of drug-likeness (QED) is 0.217. The Morgan fingerprint density at radius 2 is 1.49 bits per heavy atom. The molecule has 37 heavy (non-hydrogen) atoms. The summed E-state index contributed by atoms with van der Waals surface area (Å²) >= 11 is 0. The fraction of sp³-hybridized carbons (Fsp3) is 0.310. The molecule has 0 aromatic heterocycles. The normalized spacial score (nSPS) is 19.6. The third-order valence-electron chi connectivity index (χ3n) is 6.36. The van der Waals surface area contributed by atoms with E-state index < -0.39 is 17.7 Å². The van der Waals surface area contributed by atoms with Crippen molar-refractivity contribution in [2.45, 2.75) is 6.04 Å². The number of ketones is 1. The first-order chi connectivity index (χ1) is 18.0. The van der Waals surface area contributed by atoms with Gasteiger partial charge in [-0.05, 0) is 42.0 Å². The molecule has 2 saturated heterocycles. The number of nitrogens with zero attached hydrogens (tertiary/aromatic N) is 2. The molecule has 1 N–H and O–H groups in total. The van der Waals surface area contributed by atoms with Crippen LogP contribution in [0, 0.1) is 0 Å². The number of morpholine rings is 1. The molecule has 4 rings (SSSR count). The summed E-state index contributed by atoms with van der Waals surface area (Å²) in [6.45, 7) is 11.8. The first kappa shape index (κ1) is 26.2. The van der Waals surface area contributed by atoms with Gasteiger partial charge in [0.1, 0.15) is 30.5 Å². The number of hydrogen-bond donors (Lipinski definition) is 1. The molecule has 2 aromatic rings. The number of carbonyl (C=O) groups excluding carboxylic acids is 2. The van der Waals surface area contributed by atoms with Crippen LogP contribution < -0.4 is 9.47 Å². The van der Waals surface area contributed by atoms with Crippen LogP contribution in [0.15, 0.2) is 79.4 Å². The highest BCUT2D eigenvalue weighted by atomic mass is 16.5. The second-order valence-electron chi connectivity index (χ2n) is 8.74. The van der Waals surface area contributed by atoms with Crippen molar-refractivity contribution in [3.63, 3.8) is 0 Å². The highest BCUT2D eigenvalue weighted by Crippen LogP contribution is 2.40. The van der Waals surface area contributed by atoms with Crippen molar-refractivity contribution in [1.29, 1.82) is 0 Å². The number of aliphatic hydroxyl groups is 1. The molecule has 2 heterocycles. The molecule has 0 radical (unpaired) electrons. The molecule has 2 aliphatic heterocycles. The summed E-state index contributed by atoms with van der Waals surface area (Å²) in [5.74, 6) is -0.307. The van der Waals surface area contributed by atoms with Crippen molar-refractivity contribution < 1.29 is 28.9 Å². The minimum Gasteiger partial charge on any atom is -0.507 e. The standard InChI is InChI=1S/C29H32N2O6/c1-3-17-36-23-9-5-21(6-10-23)26-25(27(32)22-7-11-24(12-8-22)37-18-4-2)28(33)29(34)31(26)14-13-30-15-19-35-20-16-30/h3-12,26,32H,1-2,13-20H2. The summed E-state index contributed by atoms with van der Waals surface area (Å²) < 4.78 is 16.5. The topological polar surface area (TPSA) is 88.5 Å². The summed E-state index contributed by atoms with van der Waals surface area (Å²) in [5.41, 5.74) is 1.19. The highest BCUT2D eigenvalue weighted by molar-refractivity contribution is 6.46. The van der Waals surface area contributed by atoms with Crippen molar-refractivity contribution >= 4 is 17.4 Å². The summed E-state index contributed by atoms with van der Waals surface area (Å²) in [5, 5.41) is 11.3. The lowest BCUT2D eigenvalue weighted by Crippen LogP contribution is -2.42. The summed E-state index contributed by atoms with van der Waals surface area (Å²) in [7, 11) is 0. The van der Waals surface area contributed by atoms with Gasteiger partial charge < -0.3 is 24.2 Å². The Kier molecular flexibility index (Phi) is 8.77.